The Morgan fingerprint density at radius 3 is 2.43 bits per heavy atom. The minimum absolute atomic E-state index is 0.0837. The predicted octanol–water partition coefficient (Wildman–Crippen LogP) is 4.30. The van der Waals surface area contributed by atoms with Gasteiger partial charge in [-0.2, -0.15) is 0 Å². The van der Waals surface area contributed by atoms with Crippen LogP contribution < -0.4 is 11.1 Å². The van der Waals surface area contributed by atoms with Crippen molar-refractivity contribution in [2.24, 2.45) is 11.7 Å². The molecule has 30 heavy (non-hydrogen) atoms. The first kappa shape index (κ1) is 21.9. The molecule has 0 radical (unpaired) electrons. The maximum absolute atomic E-state index is 11.7. The first-order valence-corrected chi connectivity index (χ1v) is 10.7. The molecule has 0 aromatic heterocycles. The van der Waals surface area contributed by atoms with E-state index in [2.05, 4.69) is 17.4 Å². The zero-order valence-electron chi connectivity index (χ0n) is 17.3. The third-order valence-corrected chi connectivity index (χ3v) is 6.48. The van der Waals surface area contributed by atoms with Crippen LogP contribution in [0.4, 0.5) is 9.59 Å². The van der Waals surface area contributed by atoms with E-state index in [-0.39, 0.29) is 22.3 Å². The summed E-state index contributed by atoms with van der Waals surface area (Å²) in [7, 11) is 0. The molecule has 3 N–H and O–H groups in total. The molecule has 1 fully saturated rings. The van der Waals surface area contributed by atoms with Gasteiger partial charge in [0.15, 0.2) is 0 Å². The lowest BCUT2D eigenvalue weighted by atomic mass is 9.86. The summed E-state index contributed by atoms with van der Waals surface area (Å²) in [5.74, 6) is -0.139. The Kier molecular flexibility index (Phi) is 6.51. The Balaban J connectivity index is 1.69. The van der Waals surface area contributed by atoms with Gasteiger partial charge in [0.05, 0.1) is 5.25 Å². The summed E-state index contributed by atoms with van der Waals surface area (Å²) in [6, 6.07) is 16.3. The molecule has 0 saturated carbocycles. The molecule has 2 atom stereocenters. The van der Waals surface area contributed by atoms with Crippen molar-refractivity contribution in [1.82, 2.24) is 5.32 Å². The number of ether oxygens (including phenoxy) is 1. The van der Waals surface area contributed by atoms with E-state index < -0.39 is 11.7 Å². The molecule has 3 rings (SSSR count). The van der Waals surface area contributed by atoms with Crippen molar-refractivity contribution in [3.8, 4) is 11.1 Å². The third-order valence-electron chi connectivity index (χ3n) is 5.49. The van der Waals surface area contributed by atoms with Crippen LogP contribution in [0.25, 0.3) is 11.1 Å². The van der Waals surface area contributed by atoms with Crippen molar-refractivity contribution < 1.29 is 19.1 Å². The number of hydrogen-bond acceptors (Lipinski definition) is 5. The van der Waals surface area contributed by atoms with Gasteiger partial charge in [-0.05, 0) is 54.9 Å². The Morgan fingerprint density at radius 1 is 1.13 bits per heavy atom. The molecule has 0 bridgehead atoms. The van der Waals surface area contributed by atoms with Gasteiger partial charge in [0.25, 0.3) is 5.24 Å². The number of nitrogens with two attached hydrogens (primary N) is 1. The van der Waals surface area contributed by atoms with E-state index in [1.54, 1.807) is 0 Å². The van der Waals surface area contributed by atoms with Gasteiger partial charge in [0, 0.05) is 0 Å². The topological polar surface area (TPSA) is 98.5 Å². The van der Waals surface area contributed by atoms with Crippen LogP contribution in [0.3, 0.4) is 0 Å². The lowest BCUT2D eigenvalue weighted by Gasteiger charge is -2.31. The second-order valence-corrected chi connectivity index (χ2v) is 9.29. The van der Waals surface area contributed by atoms with Gasteiger partial charge >= 0.3 is 6.09 Å². The quantitative estimate of drug-likeness (QED) is 0.688. The number of primary amides is 1. The lowest BCUT2D eigenvalue weighted by molar-refractivity contribution is -0.118. The summed E-state index contributed by atoms with van der Waals surface area (Å²) in [4.78, 5) is 34.2. The minimum atomic E-state index is -0.765. The molecule has 2 unspecified atom stereocenters. The molecule has 1 aliphatic rings. The van der Waals surface area contributed by atoms with Crippen molar-refractivity contribution in [2.45, 2.75) is 44.5 Å². The Bertz CT molecular complexity index is 956. The van der Waals surface area contributed by atoms with Crippen LogP contribution in [-0.2, 0) is 22.4 Å². The van der Waals surface area contributed by atoms with Gasteiger partial charge in [-0.1, -0.05) is 67.2 Å². The highest BCUT2D eigenvalue weighted by molar-refractivity contribution is 8.15. The van der Waals surface area contributed by atoms with E-state index in [0.717, 1.165) is 40.4 Å². The number of rotatable bonds is 7. The summed E-state index contributed by atoms with van der Waals surface area (Å²) < 4.78 is 5.26. The molecular weight excluding hydrogens is 400 g/mol. The van der Waals surface area contributed by atoms with Crippen LogP contribution in [-0.4, -0.2) is 28.1 Å². The van der Waals surface area contributed by atoms with E-state index in [1.165, 1.54) is 0 Å². The molecule has 7 heteroatoms. The third kappa shape index (κ3) is 5.42. The number of carbonyl (C=O) groups excluding carboxylic acids is 3. The van der Waals surface area contributed by atoms with Gasteiger partial charge in [-0.25, -0.2) is 4.79 Å². The van der Waals surface area contributed by atoms with Gasteiger partial charge in [-0.15, -0.1) is 0 Å². The van der Waals surface area contributed by atoms with E-state index >= 15 is 0 Å². The maximum atomic E-state index is 11.7. The van der Waals surface area contributed by atoms with Gasteiger partial charge in [-0.3, -0.25) is 14.9 Å². The first-order chi connectivity index (χ1) is 14.1. The molecule has 2 aromatic carbocycles. The fourth-order valence-electron chi connectivity index (χ4n) is 3.41. The number of thioether (sulfide) groups is 1. The predicted molar refractivity (Wildman–Crippen MR) is 118 cm³/mol. The molecule has 158 valence electrons. The van der Waals surface area contributed by atoms with E-state index in [9.17, 15) is 14.4 Å². The van der Waals surface area contributed by atoms with E-state index in [0.29, 0.717) is 6.42 Å². The number of nitrogens with one attached hydrogen (secondary N) is 1. The van der Waals surface area contributed by atoms with Crippen LogP contribution in [0.15, 0.2) is 48.5 Å². The van der Waals surface area contributed by atoms with E-state index in [1.807, 2.05) is 57.2 Å². The highest BCUT2D eigenvalue weighted by atomic mass is 32.2. The van der Waals surface area contributed by atoms with Gasteiger partial charge < -0.3 is 10.5 Å². The number of amides is 3. The zero-order valence-corrected chi connectivity index (χ0v) is 18.1. The van der Waals surface area contributed by atoms with E-state index in [4.69, 9.17) is 10.5 Å². The van der Waals surface area contributed by atoms with Crippen LogP contribution in [0.2, 0.25) is 0 Å². The number of carbonyl (C=O) groups is 3. The average molecular weight is 427 g/mol. The molecule has 0 spiro atoms. The summed E-state index contributed by atoms with van der Waals surface area (Å²) in [5, 5.41) is 1.68. The average Bonchev–Trinajstić information content (AvgIpc) is 2.98. The Labute approximate surface area is 180 Å². The van der Waals surface area contributed by atoms with Crippen LogP contribution >= 0.6 is 11.8 Å². The zero-order chi connectivity index (χ0) is 21.9. The first-order valence-electron chi connectivity index (χ1n) is 9.82. The molecule has 6 nitrogen and oxygen atoms in total. The van der Waals surface area contributed by atoms with Crippen LogP contribution in [0.1, 0.15) is 31.9 Å². The molecule has 2 aromatic rings. The second kappa shape index (κ2) is 8.92. The molecule has 0 aliphatic carbocycles. The van der Waals surface area contributed by atoms with Crippen LogP contribution in [0, 0.1) is 5.92 Å². The molecule has 1 saturated heterocycles. The van der Waals surface area contributed by atoms with Crippen LogP contribution in [0.5, 0.6) is 0 Å². The fraction of sp³-hybridized carbons (Fsp3) is 0.348. The summed E-state index contributed by atoms with van der Waals surface area (Å²) >= 11 is 1.04. The van der Waals surface area contributed by atoms with Crippen molar-refractivity contribution >= 4 is 29.0 Å². The molecule has 1 heterocycles. The summed E-state index contributed by atoms with van der Waals surface area (Å²) in [6.07, 6.45) is 0.502. The fourth-order valence-corrected chi connectivity index (χ4v) is 4.27. The smallest absolute Gasteiger partial charge is 0.405 e. The molecule has 1 aliphatic heterocycles. The van der Waals surface area contributed by atoms with Gasteiger partial charge in [0.1, 0.15) is 5.60 Å². The number of imide groups is 1. The SMILES string of the molecule is CC(Cc1cccc(-c2ccc(CC3SC(=O)NC3=O)cc2)c1)C(C)(C)OC(N)=O. The normalized spacial score (nSPS) is 17.5. The number of hydrogen-bond donors (Lipinski definition) is 2. The maximum Gasteiger partial charge on any atom is 0.405 e. The Hall–Kier alpha value is -2.80. The second-order valence-electron chi connectivity index (χ2n) is 8.11. The highest BCUT2D eigenvalue weighted by Gasteiger charge is 2.31. The van der Waals surface area contributed by atoms with Crippen molar-refractivity contribution in [3.63, 3.8) is 0 Å². The van der Waals surface area contributed by atoms with Crippen molar-refractivity contribution in [2.75, 3.05) is 0 Å². The monoisotopic (exact) mass is 426 g/mol. The van der Waals surface area contributed by atoms with Crippen molar-refractivity contribution in [1.29, 1.82) is 0 Å². The van der Waals surface area contributed by atoms with Crippen molar-refractivity contribution in [3.05, 3.63) is 59.7 Å². The largest absolute Gasteiger partial charge is 0.443 e. The summed E-state index contributed by atoms with van der Waals surface area (Å²) in [6.45, 7) is 5.76. The molecular formula is C23H26N2O4S. The minimum Gasteiger partial charge on any atom is -0.443 e. The summed E-state index contributed by atoms with van der Waals surface area (Å²) in [5.41, 5.74) is 8.84. The Morgan fingerprint density at radius 2 is 1.83 bits per heavy atom. The lowest BCUT2D eigenvalue weighted by Crippen LogP contribution is -2.38. The molecule has 3 amide bonds. The highest BCUT2D eigenvalue weighted by Crippen LogP contribution is 2.28. The standard InChI is InChI=1S/C23H26N2O4S/c1-14(23(2,3)29-21(24)27)11-16-5-4-6-18(12-16)17-9-7-15(8-10-17)13-19-20(26)25-22(28)30-19/h4-10,12,14,19H,11,13H2,1-3H3,(H2,24,27)(H,25,26,28). The number of benzene rings is 2. The van der Waals surface area contributed by atoms with Gasteiger partial charge in [0.2, 0.25) is 5.91 Å².